The second-order valence-electron chi connectivity index (χ2n) is 3.33. The van der Waals surface area contributed by atoms with E-state index in [4.69, 9.17) is 10.2 Å². The van der Waals surface area contributed by atoms with Gasteiger partial charge in [-0.3, -0.25) is 0 Å². The van der Waals surface area contributed by atoms with E-state index in [2.05, 4.69) is 12.2 Å². The summed E-state index contributed by atoms with van der Waals surface area (Å²) in [4.78, 5) is 0. The summed E-state index contributed by atoms with van der Waals surface area (Å²) < 4.78 is 5.80. The van der Waals surface area contributed by atoms with E-state index in [9.17, 15) is 0 Å². The Balaban J connectivity index is 2.29. The molecule has 4 heteroatoms. The molecule has 3 N–H and O–H groups in total. The molecule has 72 valence electrons. The average molecular weight is 188 g/mol. The van der Waals surface area contributed by atoms with Gasteiger partial charge < -0.3 is 15.5 Å². The molecule has 0 saturated carbocycles. The van der Waals surface area contributed by atoms with Crippen molar-refractivity contribution in [3.8, 4) is 0 Å². The maximum Gasteiger partial charge on any atom is 0.193 e. The zero-order valence-electron chi connectivity index (χ0n) is 7.88. The van der Waals surface area contributed by atoms with Gasteiger partial charge in [-0.05, 0) is 18.9 Å². The number of rotatable bonds is 4. The molecule has 0 radical (unpaired) electrons. The van der Waals surface area contributed by atoms with Crippen LogP contribution in [0.15, 0.2) is 0 Å². The van der Waals surface area contributed by atoms with E-state index >= 15 is 0 Å². The van der Waals surface area contributed by atoms with Gasteiger partial charge in [0.2, 0.25) is 0 Å². The second-order valence-corrected chi connectivity index (χ2v) is 6.12. The Morgan fingerprint density at radius 2 is 2.42 bits per heavy atom. The van der Waals surface area contributed by atoms with Gasteiger partial charge in [0.05, 0.1) is 0 Å². The van der Waals surface area contributed by atoms with Crippen molar-refractivity contribution in [1.29, 1.82) is 0 Å². The monoisotopic (exact) mass is 188 g/mol. The molecule has 1 saturated heterocycles. The molecule has 1 aliphatic rings. The number of nitrogens with one attached hydrogen (secondary N) is 1. The molecule has 0 spiro atoms. The predicted molar refractivity (Wildman–Crippen MR) is 53.4 cm³/mol. The van der Waals surface area contributed by atoms with Crippen LogP contribution in [0, 0.1) is 0 Å². The summed E-state index contributed by atoms with van der Waals surface area (Å²) in [7, 11) is -0.950. The summed E-state index contributed by atoms with van der Waals surface area (Å²) in [6.07, 6.45) is 3.77. The first-order valence-corrected chi connectivity index (χ1v) is 6.89. The fraction of sp³-hybridized carbons (Fsp3) is 1.00. The van der Waals surface area contributed by atoms with Gasteiger partial charge in [0.1, 0.15) is 0 Å². The third-order valence-electron chi connectivity index (χ3n) is 2.48. The van der Waals surface area contributed by atoms with Crippen molar-refractivity contribution in [3.63, 3.8) is 0 Å². The lowest BCUT2D eigenvalue weighted by molar-refractivity contribution is 0.274. The first kappa shape index (κ1) is 10.2. The third-order valence-corrected chi connectivity index (χ3v) is 5.73. The lowest BCUT2D eigenvalue weighted by Gasteiger charge is -2.28. The molecular weight excluding hydrogens is 168 g/mol. The molecule has 0 aromatic heterocycles. The smallest absolute Gasteiger partial charge is 0.193 e. The van der Waals surface area contributed by atoms with Crippen molar-refractivity contribution in [2.75, 3.05) is 13.3 Å². The highest BCUT2D eigenvalue weighted by molar-refractivity contribution is 6.53. The van der Waals surface area contributed by atoms with Crippen LogP contribution in [0.25, 0.3) is 0 Å². The van der Waals surface area contributed by atoms with Gasteiger partial charge >= 0.3 is 0 Å². The second kappa shape index (κ2) is 5.69. The minimum absolute atomic E-state index is 0.589. The summed E-state index contributed by atoms with van der Waals surface area (Å²) >= 11 is 0. The number of hydrogen-bond donors (Lipinski definition) is 2. The van der Waals surface area contributed by atoms with E-state index in [1.165, 1.54) is 18.9 Å². The van der Waals surface area contributed by atoms with E-state index in [1.54, 1.807) is 0 Å². The van der Waals surface area contributed by atoms with Crippen molar-refractivity contribution < 1.29 is 4.43 Å². The molecule has 2 atom stereocenters. The molecule has 0 aliphatic carbocycles. The minimum atomic E-state index is -0.950. The molecule has 1 aliphatic heterocycles. The molecule has 1 fully saturated rings. The van der Waals surface area contributed by atoms with Crippen LogP contribution in [-0.4, -0.2) is 28.0 Å². The van der Waals surface area contributed by atoms with Crippen LogP contribution in [0.3, 0.4) is 0 Å². The highest BCUT2D eigenvalue weighted by Gasteiger charge is 2.24. The maximum atomic E-state index is 5.80. The molecule has 12 heavy (non-hydrogen) atoms. The van der Waals surface area contributed by atoms with E-state index in [1.807, 2.05) is 0 Å². The van der Waals surface area contributed by atoms with Gasteiger partial charge in [-0.25, -0.2) is 0 Å². The Bertz CT molecular complexity index is 115. The van der Waals surface area contributed by atoms with Crippen molar-refractivity contribution >= 4 is 9.04 Å². The highest BCUT2D eigenvalue weighted by Crippen LogP contribution is 2.14. The van der Waals surface area contributed by atoms with E-state index in [0.29, 0.717) is 12.3 Å². The predicted octanol–water partition coefficient (Wildman–Crippen LogP) is 0.344. The Morgan fingerprint density at radius 1 is 1.58 bits per heavy atom. The Hall–Kier alpha value is 0.0969. The first-order chi connectivity index (χ1) is 5.88. The molecule has 0 aromatic carbocycles. The summed E-state index contributed by atoms with van der Waals surface area (Å²) in [5.41, 5.74) is 6.06. The standard InChI is InChI=1S/C8H20N2OSi/c1-2-8(10-7-9)12-6-4-3-5-11-12/h8,10,12H,2-7,9H2,1H3. The van der Waals surface area contributed by atoms with Crippen LogP contribution < -0.4 is 11.1 Å². The van der Waals surface area contributed by atoms with Gasteiger partial charge in [-0.15, -0.1) is 0 Å². The fourth-order valence-electron chi connectivity index (χ4n) is 1.77. The van der Waals surface area contributed by atoms with Crippen molar-refractivity contribution in [1.82, 2.24) is 5.32 Å². The normalized spacial score (nSPS) is 27.0. The van der Waals surface area contributed by atoms with Crippen molar-refractivity contribution in [2.45, 2.75) is 37.9 Å². The SMILES string of the molecule is CCC(NCN)[SiH]1CCCCO1. The number of hydrogen-bond acceptors (Lipinski definition) is 3. The van der Waals surface area contributed by atoms with E-state index < -0.39 is 9.04 Å². The summed E-state index contributed by atoms with van der Waals surface area (Å²) in [5.74, 6) is 0. The molecule has 1 rings (SSSR count). The van der Waals surface area contributed by atoms with Gasteiger partial charge in [-0.2, -0.15) is 0 Å². The molecule has 3 nitrogen and oxygen atoms in total. The lowest BCUT2D eigenvalue weighted by Crippen LogP contribution is -2.47. The third kappa shape index (κ3) is 2.86. The Morgan fingerprint density at radius 3 is 2.92 bits per heavy atom. The molecule has 2 unspecified atom stereocenters. The van der Waals surface area contributed by atoms with Crippen molar-refractivity contribution in [2.24, 2.45) is 5.73 Å². The van der Waals surface area contributed by atoms with Gasteiger partial charge in [-0.1, -0.05) is 13.3 Å². The summed E-state index contributed by atoms with van der Waals surface area (Å²) in [6.45, 7) is 3.78. The van der Waals surface area contributed by atoms with Crippen LogP contribution in [-0.2, 0) is 4.43 Å². The van der Waals surface area contributed by atoms with Crippen LogP contribution in [0.1, 0.15) is 26.2 Å². The zero-order valence-corrected chi connectivity index (χ0v) is 9.04. The topological polar surface area (TPSA) is 47.3 Å². The highest BCUT2D eigenvalue weighted by atomic mass is 28.3. The molecule has 1 heterocycles. The Kier molecular flexibility index (Phi) is 4.83. The van der Waals surface area contributed by atoms with E-state index in [0.717, 1.165) is 13.0 Å². The Labute approximate surface area is 76.4 Å². The van der Waals surface area contributed by atoms with Crippen LogP contribution in [0.2, 0.25) is 6.04 Å². The van der Waals surface area contributed by atoms with Gasteiger partial charge in [0, 0.05) is 18.9 Å². The lowest BCUT2D eigenvalue weighted by atomic mass is 10.4. The summed E-state index contributed by atoms with van der Waals surface area (Å²) in [6, 6.07) is 1.32. The van der Waals surface area contributed by atoms with Crippen LogP contribution >= 0.6 is 0 Å². The maximum absolute atomic E-state index is 5.80. The molecule has 0 aromatic rings. The quantitative estimate of drug-likeness (QED) is 0.494. The first-order valence-electron chi connectivity index (χ1n) is 4.93. The minimum Gasteiger partial charge on any atom is -0.418 e. The average Bonchev–Trinajstić information content (AvgIpc) is 2.15. The van der Waals surface area contributed by atoms with E-state index in [-0.39, 0.29) is 0 Å². The van der Waals surface area contributed by atoms with Crippen LogP contribution in [0.5, 0.6) is 0 Å². The largest absolute Gasteiger partial charge is 0.418 e. The zero-order chi connectivity index (χ0) is 8.81. The molecule has 0 amide bonds. The van der Waals surface area contributed by atoms with Crippen molar-refractivity contribution in [3.05, 3.63) is 0 Å². The summed E-state index contributed by atoms with van der Waals surface area (Å²) in [5, 5.41) is 3.32. The van der Waals surface area contributed by atoms with Gasteiger partial charge in [0.15, 0.2) is 9.04 Å². The van der Waals surface area contributed by atoms with Crippen LogP contribution in [0.4, 0.5) is 0 Å². The number of nitrogens with two attached hydrogens (primary N) is 1. The van der Waals surface area contributed by atoms with Gasteiger partial charge in [0.25, 0.3) is 0 Å². The molecular formula is C8H20N2OSi. The molecule has 0 bridgehead atoms. The fourth-order valence-corrected chi connectivity index (χ4v) is 4.66.